The second-order valence-corrected chi connectivity index (χ2v) is 10.2. The molecule has 0 saturated carbocycles. The number of unbranched alkanes of at least 4 members (excludes halogenated alkanes) is 1. The lowest BCUT2D eigenvalue weighted by Gasteiger charge is -2.16. The number of nitrogens with one attached hydrogen (secondary N) is 1. The van der Waals surface area contributed by atoms with Crippen molar-refractivity contribution in [3.8, 4) is 11.5 Å². The molecule has 4 rings (SSSR count). The van der Waals surface area contributed by atoms with Gasteiger partial charge in [-0.2, -0.15) is 0 Å². The molecule has 10 heteroatoms. The Hall–Kier alpha value is -2.88. The standard InChI is InChI=1S/C28H33BrClN5O3/c1-4-6-8-26-34-27(30)23(16-36)35(26)11-7-12-38-25-14-20-22(15-24(25)37-3)31-17-32-28(20)33-21-10-9-19(29)13-18(21)5-2/h9-10,13-15,17,36H,4-8,11-12,16H2,1-3H3,(H,31,32,33). The number of hydrogen-bond donors (Lipinski definition) is 2. The lowest BCUT2D eigenvalue weighted by Crippen LogP contribution is -2.11. The fourth-order valence-electron chi connectivity index (χ4n) is 4.39. The van der Waals surface area contributed by atoms with E-state index in [2.05, 4.69) is 56.1 Å². The van der Waals surface area contributed by atoms with Crippen LogP contribution >= 0.6 is 27.5 Å². The Labute approximate surface area is 236 Å². The molecule has 0 aliphatic carbocycles. The Balaban J connectivity index is 1.53. The van der Waals surface area contributed by atoms with Crippen LogP contribution in [0.2, 0.25) is 5.15 Å². The maximum Gasteiger partial charge on any atom is 0.162 e. The number of aryl methyl sites for hydroxylation is 2. The van der Waals surface area contributed by atoms with E-state index in [0.29, 0.717) is 47.7 Å². The minimum atomic E-state index is -0.148. The summed E-state index contributed by atoms with van der Waals surface area (Å²) < 4.78 is 14.8. The average Bonchev–Trinajstić information content (AvgIpc) is 3.24. The van der Waals surface area contributed by atoms with Crippen molar-refractivity contribution in [3.63, 3.8) is 0 Å². The molecule has 2 heterocycles. The summed E-state index contributed by atoms with van der Waals surface area (Å²) in [4.78, 5) is 13.4. The molecule has 0 radical (unpaired) electrons. The summed E-state index contributed by atoms with van der Waals surface area (Å²) in [6, 6.07) is 9.93. The van der Waals surface area contributed by atoms with Gasteiger partial charge in [-0.05, 0) is 49.1 Å². The van der Waals surface area contributed by atoms with Crippen LogP contribution in [0.25, 0.3) is 10.9 Å². The quantitative estimate of drug-likeness (QED) is 0.161. The van der Waals surface area contributed by atoms with Crippen LogP contribution in [0.4, 0.5) is 11.5 Å². The van der Waals surface area contributed by atoms with Gasteiger partial charge < -0.3 is 24.5 Å². The molecule has 0 aliphatic heterocycles. The average molecular weight is 603 g/mol. The minimum absolute atomic E-state index is 0.148. The van der Waals surface area contributed by atoms with Crippen LogP contribution < -0.4 is 14.8 Å². The number of halogens is 2. The third-order valence-electron chi connectivity index (χ3n) is 6.41. The second-order valence-electron chi connectivity index (χ2n) is 8.90. The molecule has 0 bridgehead atoms. The van der Waals surface area contributed by atoms with Gasteiger partial charge in [0.25, 0.3) is 0 Å². The topological polar surface area (TPSA) is 94.3 Å². The van der Waals surface area contributed by atoms with E-state index in [9.17, 15) is 5.11 Å². The largest absolute Gasteiger partial charge is 0.493 e. The molecule has 2 aromatic heterocycles. The zero-order valence-corrected chi connectivity index (χ0v) is 24.3. The Kier molecular flexibility index (Phi) is 9.82. The summed E-state index contributed by atoms with van der Waals surface area (Å²) in [5.41, 5.74) is 3.57. The minimum Gasteiger partial charge on any atom is -0.493 e. The molecule has 2 aromatic carbocycles. The summed E-state index contributed by atoms with van der Waals surface area (Å²) in [5.74, 6) is 2.81. The highest BCUT2D eigenvalue weighted by molar-refractivity contribution is 9.10. The van der Waals surface area contributed by atoms with Crippen LogP contribution in [0.1, 0.15) is 50.2 Å². The molecule has 4 aromatic rings. The van der Waals surface area contributed by atoms with Crippen molar-refractivity contribution in [2.45, 2.75) is 59.1 Å². The van der Waals surface area contributed by atoms with Gasteiger partial charge in [0.1, 0.15) is 18.0 Å². The third kappa shape index (κ3) is 6.39. The fraction of sp³-hybridized carbons (Fsp3) is 0.393. The third-order valence-corrected chi connectivity index (χ3v) is 7.21. The molecule has 8 nitrogen and oxygen atoms in total. The number of imidazole rings is 1. The maximum atomic E-state index is 9.81. The van der Waals surface area contributed by atoms with Crippen molar-refractivity contribution in [2.75, 3.05) is 19.0 Å². The van der Waals surface area contributed by atoms with E-state index in [0.717, 1.165) is 52.6 Å². The van der Waals surface area contributed by atoms with Crippen molar-refractivity contribution in [1.82, 2.24) is 19.5 Å². The van der Waals surface area contributed by atoms with E-state index in [1.165, 1.54) is 5.56 Å². The van der Waals surface area contributed by atoms with Gasteiger partial charge in [0, 0.05) is 34.6 Å². The summed E-state index contributed by atoms with van der Waals surface area (Å²) in [7, 11) is 1.62. The molecule has 0 saturated heterocycles. The number of nitrogens with zero attached hydrogens (tertiary/aromatic N) is 4. The van der Waals surface area contributed by atoms with E-state index >= 15 is 0 Å². The fourth-order valence-corrected chi connectivity index (χ4v) is 5.06. The summed E-state index contributed by atoms with van der Waals surface area (Å²) in [5, 5.41) is 14.5. The van der Waals surface area contributed by atoms with E-state index in [1.54, 1.807) is 13.4 Å². The number of anilines is 2. The van der Waals surface area contributed by atoms with Gasteiger partial charge in [-0.1, -0.05) is 47.8 Å². The summed E-state index contributed by atoms with van der Waals surface area (Å²) >= 11 is 9.82. The summed E-state index contributed by atoms with van der Waals surface area (Å²) in [6.07, 6.45) is 6.03. The normalized spacial score (nSPS) is 11.2. The number of aromatic nitrogens is 4. The van der Waals surface area contributed by atoms with Crippen molar-refractivity contribution < 1.29 is 14.6 Å². The molecule has 0 spiro atoms. The van der Waals surface area contributed by atoms with Crippen LogP contribution in [-0.2, 0) is 26.0 Å². The van der Waals surface area contributed by atoms with E-state index in [4.69, 9.17) is 21.1 Å². The molecule has 0 amide bonds. The molecule has 0 atom stereocenters. The highest BCUT2D eigenvalue weighted by Crippen LogP contribution is 2.35. The van der Waals surface area contributed by atoms with Crippen molar-refractivity contribution >= 4 is 49.9 Å². The Bertz CT molecular complexity index is 1390. The van der Waals surface area contributed by atoms with Crippen molar-refractivity contribution in [2.24, 2.45) is 0 Å². The predicted octanol–water partition coefficient (Wildman–Crippen LogP) is 6.86. The van der Waals surface area contributed by atoms with Gasteiger partial charge in [-0.3, -0.25) is 0 Å². The van der Waals surface area contributed by atoms with Crippen LogP contribution in [0.5, 0.6) is 11.5 Å². The van der Waals surface area contributed by atoms with Crippen LogP contribution in [0.15, 0.2) is 41.1 Å². The molecular weight excluding hydrogens is 570 g/mol. The number of ether oxygens (including phenoxy) is 2. The molecule has 0 fully saturated rings. The molecule has 0 unspecified atom stereocenters. The lowest BCUT2D eigenvalue weighted by atomic mass is 10.1. The number of aliphatic hydroxyl groups excluding tert-OH is 1. The van der Waals surface area contributed by atoms with E-state index in [-0.39, 0.29) is 6.61 Å². The Morgan fingerprint density at radius 1 is 1.11 bits per heavy atom. The van der Waals surface area contributed by atoms with Crippen LogP contribution in [0.3, 0.4) is 0 Å². The molecule has 2 N–H and O–H groups in total. The van der Waals surface area contributed by atoms with Gasteiger partial charge in [-0.25, -0.2) is 15.0 Å². The first-order valence-electron chi connectivity index (χ1n) is 12.8. The highest BCUT2D eigenvalue weighted by atomic mass is 79.9. The molecule has 202 valence electrons. The predicted molar refractivity (Wildman–Crippen MR) is 155 cm³/mol. The van der Waals surface area contributed by atoms with Gasteiger partial charge in [-0.15, -0.1) is 0 Å². The summed E-state index contributed by atoms with van der Waals surface area (Å²) in [6.45, 7) is 5.20. The SMILES string of the molecule is CCCCc1nc(Cl)c(CO)n1CCCOc1cc2c(Nc3ccc(Br)cc3CC)ncnc2cc1OC. The first-order valence-corrected chi connectivity index (χ1v) is 14.0. The van der Waals surface area contributed by atoms with Gasteiger partial charge in [0.15, 0.2) is 16.7 Å². The Morgan fingerprint density at radius 3 is 2.68 bits per heavy atom. The van der Waals surface area contributed by atoms with Gasteiger partial charge in [0.05, 0.1) is 31.5 Å². The second kappa shape index (κ2) is 13.3. The number of rotatable bonds is 13. The monoisotopic (exact) mass is 601 g/mol. The lowest BCUT2D eigenvalue weighted by molar-refractivity contribution is 0.261. The van der Waals surface area contributed by atoms with E-state index < -0.39 is 0 Å². The van der Waals surface area contributed by atoms with Crippen LogP contribution in [-0.4, -0.2) is 38.3 Å². The molecule has 38 heavy (non-hydrogen) atoms. The number of benzene rings is 2. The van der Waals surface area contributed by atoms with Crippen LogP contribution in [0, 0.1) is 0 Å². The Morgan fingerprint density at radius 2 is 1.95 bits per heavy atom. The first kappa shape index (κ1) is 28.1. The number of methoxy groups -OCH3 is 1. The highest BCUT2D eigenvalue weighted by Gasteiger charge is 2.16. The van der Waals surface area contributed by atoms with E-state index in [1.807, 2.05) is 28.8 Å². The van der Waals surface area contributed by atoms with Crippen molar-refractivity contribution in [1.29, 1.82) is 0 Å². The smallest absolute Gasteiger partial charge is 0.162 e. The maximum absolute atomic E-state index is 9.81. The van der Waals surface area contributed by atoms with Crippen molar-refractivity contribution in [3.05, 3.63) is 63.4 Å². The zero-order valence-electron chi connectivity index (χ0n) is 21.9. The number of hydrogen-bond acceptors (Lipinski definition) is 7. The van der Waals surface area contributed by atoms with Gasteiger partial charge in [0.2, 0.25) is 0 Å². The zero-order chi connectivity index (χ0) is 27.1. The molecular formula is C28H33BrClN5O3. The number of aliphatic hydroxyl groups is 1. The first-order chi connectivity index (χ1) is 18.5. The molecule has 0 aliphatic rings. The van der Waals surface area contributed by atoms with Gasteiger partial charge >= 0.3 is 0 Å². The number of fused-ring (bicyclic) bond motifs is 1.